The molecule has 9 N–H and O–H groups in total. The Morgan fingerprint density at radius 2 is 1.69 bits per heavy atom. The van der Waals surface area contributed by atoms with E-state index in [0.29, 0.717) is 12.0 Å². The third kappa shape index (κ3) is 9.16. The minimum atomic E-state index is -1.30. The number of hydrogen-bond donors (Lipinski definition) is 6. The van der Waals surface area contributed by atoms with Crippen molar-refractivity contribution in [3.8, 4) is 0 Å². The molecule has 0 aromatic heterocycles. The van der Waals surface area contributed by atoms with E-state index in [2.05, 4.69) is 20.9 Å². The largest absolute Gasteiger partial charge is 0.370 e. The van der Waals surface area contributed by atoms with Gasteiger partial charge in [-0.1, -0.05) is 49.6 Å². The molecule has 11 nitrogen and oxygen atoms in total. The summed E-state index contributed by atoms with van der Waals surface area (Å²) < 4.78 is 0. The molecule has 0 saturated heterocycles. The minimum absolute atomic E-state index is 0.00460. The van der Waals surface area contributed by atoms with Gasteiger partial charge in [0.1, 0.15) is 18.0 Å². The number of rotatable bonds is 12. The van der Waals surface area contributed by atoms with Crippen molar-refractivity contribution in [2.45, 2.75) is 76.0 Å². The second-order valence-corrected chi connectivity index (χ2v) is 8.97. The topological polar surface area (TPSA) is 195 Å². The molecular weight excluding hydrogens is 462 g/mol. The Balaban J connectivity index is 2.27. The predicted octanol–water partition coefficient (Wildman–Crippen LogP) is -0.279. The van der Waals surface area contributed by atoms with Gasteiger partial charge in [-0.3, -0.25) is 19.4 Å². The van der Waals surface area contributed by atoms with Gasteiger partial charge in [0, 0.05) is 12.6 Å². The van der Waals surface area contributed by atoms with Crippen LogP contribution >= 0.6 is 0 Å². The first-order chi connectivity index (χ1) is 17.2. The zero-order valence-electron chi connectivity index (χ0n) is 20.7. The zero-order chi connectivity index (χ0) is 26.5. The van der Waals surface area contributed by atoms with Crippen molar-refractivity contribution >= 4 is 35.2 Å². The second-order valence-electron chi connectivity index (χ2n) is 8.97. The Kier molecular flexibility index (Phi) is 11.6. The quantitative estimate of drug-likeness (QED) is 0.0984. The normalized spacial score (nSPS) is 15.9. The molecule has 0 spiro atoms. The molecule has 0 unspecified atom stereocenters. The Morgan fingerprint density at radius 1 is 1.03 bits per heavy atom. The lowest BCUT2D eigenvalue weighted by molar-refractivity contribution is -0.131. The molecule has 0 heterocycles. The van der Waals surface area contributed by atoms with Crippen molar-refractivity contribution < 1.29 is 19.2 Å². The monoisotopic (exact) mass is 499 g/mol. The van der Waals surface area contributed by atoms with E-state index in [1.807, 2.05) is 5.94 Å². The van der Waals surface area contributed by atoms with Gasteiger partial charge in [-0.05, 0) is 38.2 Å². The van der Waals surface area contributed by atoms with E-state index in [4.69, 9.17) is 17.2 Å². The number of nitrogens with two attached hydrogens (primary N) is 3. The highest BCUT2D eigenvalue weighted by molar-refractivity contribution is 6.06. The van der Waals surface area contributed by atoms with Gasteiger partial charge in [0.05, 0.1) is 11.6 Å². The SMILES string of the molecule is C[C@H](N)C(=O)N[C@@H](CCCN=C(N)N)C(=O)N[C@H](C(=O)NC1CCCCC1)C(=C=O)c1ccccc1. The van der Waals surface area contributed by atoms with Crippen LogP contribution in [0.4, 0.5) is 0 Å². The molecule has 1 aliphatic carbocycles. The van der Waals surface area contributed by atoms with E-state index < -0.39 is 35.8 Å². The maximum Gasteiger partial charge on any atom is 0.248 e. The summed E-state index contributed by atoms with van der Waals surface area (Å²) >= 11 is 0. The number of amides is 3. The molecule has 36 heavy (non-hydrogen) atoms. The molecule has 11 heteroatoms. The Bertz CT molecular complexity index is 964. The number of nitrogens with one attached hydrogen (secondary N) is 3. The maximum atomic E-state index is 13.3. The summed E-state index contributed by atoms with van der Waals surface area (Å²) in [4.78, 5) is 54.8. The molecule has 1 aromatic rings. The smallest absolute Gasteiger partial charge is 0.248 e. The highest BCUT2D eigenvalue weighted by Crippen LogP contribution is 2.20. The second kappa shape index (κ2) is 14.7. The molecule has 3 atom stereocenters. The van der Waals surface area contributed by atoms with Gasteiger partial charge >= 0.3 is 0 Å². The van der Waals surface area contributed by atoms with Crippen molar-refractivity contribution in [1.29, 1.82) is 0 Å². The molecule has 0 bridgehead atoms. The average molecular weight is 500 g/mol. The minimum Gasteiger partial charge on any atom is -0.370 e. The van der Waals surface area contributed by atoms with Crippen LogP contribution in [0.25, 0.3) is 5.57 Å². The number of aliphatic imine (C=N–C) groups is 1. The third-order valence-electron chi connectivity index (χ3n) is 5.98. The van der Waals surface area contributed by atoms with Crippen molar-refractivity contribution in [3.63, 3.8) is 0 Å². The van der Waals surface area contributed by atoms with Crippen LogP contribution in [-0.2, 0) is 19.2 Å². The van der Waals surface area contributed by atoms with E-state index >= 15 is 0 Å². The van der Waals surface area contributed by atoms with Crippen molar-refractivity contribution in [2.75, 3.05) is 6.54 Å². The van der Waals surface area contributed by atoms with Crippen LogP contribution in [0.2, 0.25) is 0 Å². The van der Waals surface area contributed by atoms with Gasteiger partial charge in [-0.25, -0.2) is 4.79 Å². The van der Waals surface area contributed by atoms with Crippen LogP contribution in [0.5, 0.6) is 0 Å². The van der Waals surface area contributed by atoms with Crippen LogP contribution in [0.15, 0.2) is 35.3 Å². The fourth-order valence-corrected chi connectivity index (χ4v) is 4.02. The standard InChI is InChI=1S/C25H37N7O4/c1-16(26)22(34)31-20(13-8-14-29-25(27)28)23(35)32-21(19(15-33)17-9-4-2-5-10-17)24(36)30-18-11-6-3-7-12-18/h2,4-5,9-10,16,18,20-21H,3,6-8,11-14,26H2,1H3,(H,30,36)(H,31,34)(H,32,35)(H4,27,28,29)/t16-,20-,21-/m0/s1. The fraction of sp³-hybridized carbons (Fsp3) is 0.520. The first-order valence-electron chi connectivity index (χ1n) is 12.3. The molecule has 1 aromatic carbocycles. The summed E-state index contributed by atoms with van der Waals surface area (Å²) in [6, 6.07) is 5.34. The first-order valence-corrected chi connectivity index (χ1v) is 12.3. The fourth-order valence-electron chi connectivity index (χ4n) is 4.02. The lowest BCUT2D eigenvalue weighted by Crippen LogP contribution is -2.56. The highest BCUT2D eigenvalue weighted by atomic mass is 16.2. The number of benzene rings is 1. The summed E-state index contributed by atoms with van der Waals surface area (Å²) in [5.41, 5.74) is 16.8. The van der Waals surface area contributed by atoms with Gasteiger partial charge in [0.15, 0.2) is 5.96 Å². The summed E-state index contributed by atoms with van der Waals surface area (Å²) in [6.45, 7) is 1.74. The van der Waals surface area contributed by atoms with Gasteiger partial charge in [0.25, 0.3) is 0 Å². The highest BCUT2D eigenvalue weighted by Gasteiger charge is 2.32. The molecule has 1 fully saturated rings. The van der Waals surface area contributed by atoms with Gasteiger partial charge < -0.3 is 33.2 Å². The van der Waals surface area contributed by atoms with Crippen molar-refractivity contribution in [2.24, 2.45) is 22.2 Å². The third-order valence-corrected chi connectivity index (χ3v) is 5.98. The van der Waals surface area contributed by atoms with E-state index in [0.717, 1.165) is 32.1 Å². The van der Waals surface area contributed by atoms with E-state index in [-0.39, 0.29) is 30.5 Å². The van der Waals surface area contributed by atoms with Crippen LogP contribution < -0.4 is 33.2 Å². The first kappa shape index (κ1) is 28.5. The van der Waals surface area contributed by atoms with Crippen LogP contribution in [0.1, 0.15) is 57.4 Å². The lowest BCUT2D eigenvalue weighted by atomic mass is 9.94. The molecule has 0 aliphatic heterocycles. The predicted molar refractivity (Wildman–Crippen MR) is 138 cm³/mol. The molecule has 1 aliphatic rings. The number of carbonyl (C=O) groups excluding carboxylic acids is 4. The number of guanidine groups is 1. The lowest BCUT2D eigenvalue weighted by Gasteiger charge is -2.28. The van der Waals surface area contributed by atoms with E-state index in [1.165, 1.54) is 6.92 Å². The molecule has 0 radical (unpaired) electrons. The van der Waals surface area contributed by atoms with Gasteiger partial charge in [-0.15, -0.1) is 0 Å². The molecule has 1 saturated carbocycles. The summed E-state index contributed by atoms with van der Waals surface area (Å²) in [5.74, 6) is 0.0832. The summed E-state index contributed by atoms with van der Waals surface area (Å²) in [7, 11) is 0. The van der Waals surface area contributed by atoms with Crippen LogP contribution in [0, 0.1) is 0 Å². The average Bonchev–Trinajstić information content (AvgIpc) is 2.86. The van der Waals surface area contributed by atoms with Crippen molar-refractivity contribution in [3.05, 3.63) is 35.9 Å². The summed E-state index contributed by atoms with van der Waals surface area (Å²) in [5, 5.41) is 8.22. The van der Waals surface area contributed by atoms with Crippen molar-refractivity contribution in [1.82, 2.24) is 16.0 Å². The Labute approximate surface area is 211 Å². The van der Waals surface area contributed by atoms with Gasteiger partial charge in [-0.2, -0.15) is 0 Å². The molecule has 196 valence electrons. The van der Waals surface area contributed by atoms with Crippen LogP contribution in [0.3, 0.4) is 0 Å². The maximum absolute atomic E-state index is 13.3. The number of hydrogen-bond acceptors (Lipinski definition) is 6. The molecule has 2 rings (SSSR count). The Morgan fingerprint density at radius 3 is 2.28 bits per heavy atom. The van der Waals surface area contributed by atoms with Crippen LogP contribution in [-0.4, -0.2) is 60.3 Å². The Hall–Kier alpha value is -3.69. The van der Waals surface area contributed by atoms with E-state index in [9.17, 15) is 19.2 Å². The molecule has 3 amide bonds. The van der Waals surface area contributed by atoms with E-state index in [1.54, 1.807) is 30.3 Å². The van der Waals surface area contributed by atoms with Gasteiger partial charge in [0.2, 0.25) is 17.7 Å². The number of nitrogens with zero attached hydrogens (tertiary/aromatic N) is 1. The summed E-state index contributed by atoms with van der Waals surface area (Å²) in [6.07, 6.45) is 5.32. The number of carbonyl (C=O) groups is 3. The zero-order valence-corrected chi connectivity index (χ0v) is 20.7. The molecular formula is C25H37N7O4.